The van der Waals surface area contributed by atoms with Crippen LogP contribution in [0.1, 0.15) is 16.7 Å². The lowest BCUT2D eigenvalue weighted by atomic mass is 10.0. The van der Waals surface area contributed by atoms with Gasteiger partial charge in [0.15, 0.2) is 0 Å². The van der Waals surface area contributed by atoms with Crippen molar-refractivity contribution in [3.63, 3.8) is 0 Å². The molecule has 172 valence electrons. The van der Waals surface area contributed by atoms with Gasteiger partial charge in [0.25, 0.3) is 0 Å². The number of thioether (sulfide) groups is 1. The van der Waals surface area contributed by atoms with E-state index >= 15 is 0 Å². The Morgan fingerprint density at radius 2 is 1.48 bits per heavy atom. The van der Waals surface area contributed by atoms with Crippen LogP contribution in [0.5, 0.6) is 5.75 Å². The van der Waals surface area contributed by atoms with Crippen LogP contribution in [0.2, 0.25) is 0 Å². The third-order valence-electron chi connectivity index (χ3n) is 5.37. The van der Waals surface area contributed by atoms with Crippen LogP contribution < -0.4 is 10.1 Å². The highest BCUT2D eigenvalue weighted by Crippen LogP contribution is 2.20. The molecule has 6 heteroatoms. The summed E-state index contributed by atoms with van der Waals surface area (Å²) in [4.78, 5) is 28.0. The van der Waals surface area contributed by atoms with Crippen molar-refractivity contribution < 1.29 is 14.3 Å². The number of ether oxygens (including phenoxy) is 1. The third-order valence-corrected chi connectivity index (χ3v) is 6.36. The van der Waals surface area contributed by atoms with Crippen LogP contribution >= 0.6 is 11.8 Å². The Kier molecular flexibility index (Phi) is 9.39. The van der Waals surface area contributed by atoms with E-state index in [0.29, 0.717) is 24.5 Å². The van der Waals surface area contributed by atoms with E-state index in [9.17, 15) is 9.59 Å². The summed E-state index contributed by atoms with van der Waals surface area (Å²) in [6.07, 6.45) is 0.461. The lowest BCUT2D eigenvalue weighted by Crippen LogP contribution is -2.50. The second-order valence-electron chi connectivity index (χ2n) is 7.67. The first-order chi connectivity index (χ1) is 16.1. The zero-order valence-corrected chi connectivity index (χ0v) is 19.9. The zero-order chi connectivity index (χ0) is 23.5. The SMILES string of the molecule is CNC(=O)[C@@H](Cc1ccccc1)N(Cc1ccccc1)C(=O)CSCc1ccc(OC)cc1. The molecule has 0 fully saturated rings. The predicted molar refractivity (Wildman–Crippen MR) is 134 cm³/mol. The molecule has 3 aromatic carbocycles. The molecule has 1 N–H and O–H groups in total. The maximum absolute atomic E-state index is 13.4. The van der Waals surface area contributed by atoms with Crippen LogP contribution in [0, 0.1) is 0 Å². The fourth-order valence-corrected chi connectivity index (χ4v) is 4.43. The van der Waals surface area contributed by atoms with E-state index in [0.717, 1.165) is 22.4 Å². The van der Waals surface area contributed by atoms with E-state index in [1.165, 1.54) is 0 Å². The fourth-order valence-electron chi connectivity index (χ4n) is 3.56. The Labute approximate surface area is 200 Å². The number of nitrogens with zero attached hydrogens (tertiary/aromatic N) is 1. The molecule has 3 aromatic rings. The summed E-state index contributed by atoms with van der Waals surface area (Å²) in [6.45, 7) is 0.383. The first-order valence-corrected chi connectivity index (χ1v) is 12.1. The molecule has 5 nitrogen and oxygen atoms in total. The number of hydrogen-bond acceptors (Lipinski definition) is 4. The van der Waals surface area contributed by atoms with Gasteiger partial charge >= 0.3 is 0 Å². The highest BCUT2D eigenvalue weighted by Gasteiger charge is 2.29. The van der Waals surface area contributed by atoms with E-state index in [1.54, 1.807) is 30.8 Å². The van der Waals surface area contributed by atoms with Crippen LogP contribution in [0.4, 0.5) is 0 Å². The van der Waals surface area contributed by atoms with Crippen molar-refractivity contribution in [2.24, 2.45) is 0 Å². The third kappa shape index (κ3) is 7.39. The predicted octanol–water partition coefficient (Wildman–Crippen LogP) is 4.31. The van der Waals surface area contributed by atoms with Crippen LogP contribution in [0.15, 0.2) is 84.9 Å². The zero-order valence-electron chi connectivity index (χ0n) is 19.1. The standard InChI is InChI=1S/C27H30N2O3S/c1-28-27(31)25(17-21-9-5-3-6-10-21)29(18-22-11-7-4-8-12-22)26(30)20-33-19-23-13-15-24(32-2)16-14-23/h3-16,25H,17-20H2,1-2H3,(H,28,31)/t25-/m1/s1. The lowest BCUT2D eigenvalue weighted by Gasteiger charge is -2.31. The number of amides is 2. The molecular formula is C27H30N2O3S. The van der Waals surface area contributed by atoms with Gasteiger partial charge in [-0.25, -0.2) is 0 Å². The van der Waals surface area contributed by atoms with Gasteiger partial charge in [-0.3, -0.25) is 9.59 Å². The Morgan fingerprint density at radius 1 is 0.879 bits per heavy atom. The summed E-state index contributed by atoms with van der Waals surface area (Å²) in [5.41, 5.74) is 3.13. The maximum Gasteiger partial charge on any atom is 0.242 e. The van der Waals surface area contributed by atoms with Gasteiger partial charge in [0.05, 0.1) is 12.9 Å². The van der Waals surface area contributed by atoms with Crippen LogP contribution in [0.3, 0.4) is 0 Å². The van der Waals surface area contributed by atoms with Crippen LogP contribution in [0.25, 0.3) is 0 Å². The van der Waals surface area contributed by atoms with Gasteiger partial charge in [0, 0.05) is 25.8 Å². The van der Waals surface area contributed by atoms with Crippen molar-refractivity contribution in [3.05, 3.63) is 102 Å². The quantitative estimate of drug-likeness (QED) is 0.461. The molecule has 0 aliphatic rings. The minimum absolute atomic E-state index is 0.0538. The average molecular weight is 463 g/mol. The van der Waals surface area contributed by atoms with Gasteiger partial charge < -0.3 is 15.0 Å². The Hall–Kier alpha value is -3.25. The topological polar surface area (TPSA) is 58.6 Å². The number of carbonyl (C=O) groups excluding carboxylic acids is 2. The van der Waals surface area contributed by atoms with Crippen molar-refractivity contribution in [1.82, 2.24) is 10.2 Å². The smallest absolute Gasteiger partial charge is 0.242 e. The molecule has 0 aliphatic carbocycles. The molecule has 0 saturated heterocycles. The van der Waals surface area contributed by atoms with E-state index in [4.69, 9.17) is 4.74 Å². The molecule has 0 heterocycles. The van der Waals surface area contributed by atoms with Gasteiger partial charge in [-0.15, -0.1) is 11.8 Å². The van der Waals surface area contributed by atoms with E-state index in [2.05, 4.69) is 5.32 Å². The molecular weight excluding hydrogens is 432 g/mol. The van der Waals surface area contributed by atoms with Gasteiger partial charge in [-0.1, -0.05) is 72.8 Å². The highest BCUT2D eigenvalue weighted by molar-refractivity contribution is 7.99. The summed E-state index contributed by atoms with van der Waals surface area (Å²) in [6, 6.07) is 26.9. The summed E-state index contributed by atoms with van der Waals surface area (Å²) in [5.74, 6) is 1.59. The summed E-state index contributed by atoms with van der Waals surface area (Å²) in [5, 5.41) is 2.75. The maximum atomic E-state index is 13.4. The molecule has 0 aromatic heterocycles. The molecule has 3 rings (SSSR count). The molecule has 0 spiro atoms. The van der Waals surface area contributed by atoms with E-state index < -0.39 is 6.04 Å². The molecule has 1 atom stereocenters. The normalized spacial score (nSPS) is 11.5. The average Bonchev–Trinajstić information content (AvgIpc) is 2.87. The first-order valence-electron chi connectivity index (χ1n) is 10.9. The number of benzene rings is 3. The van der Waals surface area contributed by atoms with Gasteiger partial charge in [0.2, 0.25) is 11.8 Å². The Bertz CT molecular complexity index is 1010. The molecule has 0 aliphatic heterocycles. The number of rotatable bonds is 11. The second-order valence-corrected chi connectivity index (χ2v) is 8.65. The van der Waals surface area contributed by atoms with Crippen LogP contribution in [-0.4, -0.2) is 42.7 Å². The summed E-state index contributed by atoms with van der Waals surface area (Å²) in [7, 11) is 3.26. The van der Waals surface area contributed by atoms with Crippen LogP contribution in [-0.2, 0) is 28.3 Å². The van der Waals surface area contributed by atoms with Gasteiger partial charge in [0.1, 0.15) is 11.8 Å². The second kappa shape index (κ2) is 12.7. The minimum Gasteiger partial charge on any atom is -0.497 e. The molecule has 0 radical (unpaired) electrons. The number of carbonyl (C=O) groups is 2. The minimum atomic E-state index is -0.591. The van der Waals surface area contributed by atoms with Gasteiger partial charge in [-0.2, -0.15) is 0 Å². The highest BCUT2D eigenvalue weighted by atomic mass is 32.2. The number of likely N-dealkylation sites (N-methyl/N-ethyl adjacent to an activating group) is 1. The Morgan fingerprint density at radius 3 is 2.06 bits per heavy atom. The molecule has 2 amide bonds. The van der Waals surface area contributed by atoms with Crippen molar-refractivity contribution in [2.45, 2.75) is 24.8 Å². The van der Waals surface area contributed by atoms with Crippen molar-refractivity contribution in [1.29, 1.82) is 0 Å². The van der Waals surface area contributed by atoms with E-state index in [-0.39, 0.29) is 11.8 Å². The largest absolute Gasteiger partial charge is 0.497 e. The number of hydrogen-bond donors (Lipinski definition) is 1. The fraction of sp³-hybridized carbons (Fsp3) is 0.259. The first kappa shape index (κ1) is 24.4. The summed E-state index contributed by atoms with van der Waals surface area (Å²) < 4.78 is 5.20. The van der Waals surface area contributed by atoms with E-state index in [1.807, 2.05) is 84.9 Å². The number of methoxy groups -OCH3 is 1. The number of nitrogens with one attached hydrogen (secondary N) is 1. The molecule has 33 heavy (non-hydrogen) atoms. The van der Waals surface area contributed by atoms with Gasteiger partial charge in [-0.05, 0) is 28.8 Å². The van der Waals surface area contributed by atoms with Crippen molar-refractivity contribution in [2.75, 3.05) is 19.9 Å². The lowest BCUT2D eigenvalue weighted by molar-refractivity contribution is -0.139. The monoisotopic (exact) mass is 462 g/mol. The van der Waals surface area contributed by atoms with Crippen molar-refractivity contribution in [3.8, 4) is 5.75 Å². The molecule has 0 bridgehead atoms. The van der Waals surface area contributed by atoms with Crippen molar-refractivity contribution >= 4 is 23.6 Å². The molecule has 0 unspecified atom stereocenters. The summed E-state index contributed by atoms with van der Waals surface area (Å²) >= 11 is 1.55. The Balaban J connectivity index is 1.75. The molecule has 0 saturated carbocycles.